The van der Waals surface area contributed by atoms with Gasteiger partial charge >= 0.3 is 6.03 Å². The quantitative estimate of drug-likeness (QED) is 0.357. The van der Waals surface area contributed by atoms with Crippen LogP contribution in [-0.2, 0) is 9.53 Å². The summed E-state index contributed by atoms with van der Waals surface area (Å²) in [7, 11) is 0. The Morgan fingerprint density at radius 3 is 2.64 bits per heavy atom. The molecule has 12 unspecified atom stereocenters. The molecule has 6 fully saturated rings. The van der Waals surface area contributed by atoms with Gasteiger partial charge in [0.1, 0.15) is 12.3 Å². The van der Waals surface area contributed by atoms with Gasteiger partial charge < -0.3 is 30.3 Å². The molecule has 0 spiro atoms. The number of hydrogen-bond donors (Lipinski definition) is 4. The first-order chi connectivity index (χ1) is 21.1. The average Bonchev–Trinajstić information content (AvgIpc) is 2.99. The van der Waals surface area contributed by atoms with E-state index in [0.29, 0.717) is 51.7 Å². The van der Waals surface area contributed by atoms with Gasteiger partial charge in [-0.3, -0.25) is 15.0 Å². The monoisotopic (exact) mass is 622 g/mol. The summed E-state index contributed by atoms with van der Waals surface area (Å²) in [5, 5.41) is 22.1. The number of carbonyl (C=O) groups excluding carboxylic acids is 2. The highest BCUT2D eigenvalue weighted by Crippen LogP contribution is 2.43. The van der Waals surface area contributed by atoms with Gasteiger partial charge in [0.2, 0.25) is 5.91 Å². The van der Waals surface area contributed by atoms with Gasteiger partial charge in [-0.05, 0) is 64.0 Å². The lowest BCUT2D eigenvalue weighted by molar-refractivity contribution is -0.138. The Bertz CT molecular complexity index is 1070. The molecule has 1 aliphatic carbocycles. The largest absolute Gasteiger partial charge is 0.393 e. The fourth-order valence-corrected chi connectivity index (χ4v) is 9.44. The second-order valence-electron chi connectivity index (χ2n) is 14.4. The number of fused-ring (bicyclic) bond motifs is 5. The number of nitrogens with zero attached hydrogens (tertiary/aromatic N) is 3. The van der Waals surface area contributed by atoms with Gasteiger partial charge in [0, 0.05) is 62.1 Å². The van der Waals surface area contributed by atoms with E-state index < -0.39 is 48.8 Å². The van der Waals surface area contributed by atoms with E-state index in [2.05, 4.69) is 41.3 Å². The van der Waals surface area contributed by atoms with Crippen LogP contribution in [0.15, 0.2) is 12.7 Å². The fraction of sp³-hybridized carbons (Fsp3) is 0.875. The van der Waals surface area contributed by atoms with Crippen LogP contribution < -0.4 is 16.0 Å². The number of alkyl halides is 2. The molecular formula is C32H52F2N6O4. The van der Waals surface area contributed by atoms with Crippen LogP contribution in [0.1, 0.15) is 59.3 Å². The van der Waals surface area contributed by atoms with E-state index in [9.17, 15) is 14.7 Å². The zero-order valence-corrected chi connectivity index (χ0v) is 26.4. The van der Waals surface area contributed by atoms with E-state index in [1.54, 1.807) is 4.90 Å². The molecule has 5 heterocycles. The number of halogens is 2. The van der Waals surface area contributed by atoms with Crippen LogP contribution in [0.3, 0.4) is 0 Å². The van der Waals surface area contributed by atoms with Crippen LogP contribution in [-0.4, -0.2) is 126 Å². The minimum absolute atomic E-state index is 0.0767. The summed E-state index contributed by atoms with van der Waals surface area (Å²) in [6.07, 6.45) is -0.406. The zero-order valence-electron chi connectivity index (χ0n) is 26.4. The second-order valence-corrected chi connectivity index (χ2v) is 14.4. The molecule has 2 bridgehead atoms. The Morgan fingerprint density at radius 1 is 1.11 bits per heavy atom. The Kier molecular flexibility index (Phi) is 9.55. The molecule has 0 aromatic heterocycles. The Morgan fingerprint density at radius 2 is 1.91 bits per heavy atom. The number of rotatable bonds is 3. The molecule has 44 heavy (non-hydrogen) atoms. The first kappa shape index (κ1) is 32.1. The van der Waals surface area contributed by atoms with Crippen LogP contribution in [0.5, 0.6) is 0 Å². The normalized spacial score (nSPS) is 45.3. The number of piperidine rings is 2. The Hall–Kier alpha value is -1.86. The van der Waals surface area contributed by atoms with Crippen molar-refractivity contribution in [3.63, 3.8) is 0 Å². The number of amides is 3. The number of nitrogens with one attached hydrogen (secondary N) is 3. The van der Waals surface area contributed by atoms with Crippen molar-refractivity contribution in [2.75, 3.05) is 32.8 Å². The van der Waals surface area contributed by atoms with Crippen LogP contribution in [0.4, 0.5) is 13.6 Å². The van der Waals surface area contributed by atoms with E-state index in [-0.39, 0.29) is 60.8 Å². The van der Waals surface area contributed by atoms with Crippen molar-refractivity contribution in [3.8, 4) is 0 Å². The van der Waals surface area contributed by atoms with Crippen molar-refractivity contribution in [1.82, 2.24) is 30.7 Å². The summed E-state index contributed by atoms with van der Waals surface area (Å²) >= 11 is 0. The Balaban J connectivity index is 1.39. The summed E-state index contributed by atoms with van der Waals surface area (Å²) in [6, 6.07) is -1.55. The number of piperazine rings is 1. The lowest BCUT2D eigenvalue weighted by Gasteiger charge is -2.60. The van der Waals surface area contributed by atoms with Gasteiger partial charge in [-0.1, -0.05) is 20.4 Å². The number of aliphatic hydroxyl groups excluding tert-OH is 1. The third-order valence-electron chi connectivity index (χ3n) is 11.6. The van der Waals surface area contributed by atoms with Crippen LogP contribution in [0.25, 0.3) is 0 Å². The van der Waals surface area contributed by atoms with E-state index in [4.69, 9.17) is 4.74 Å². The molecule has 5 saturated heterocycles. The molecule has 13 atom stereocenters. The van der Waals surface area contributed by atoms with Crippen molar-refractivity contribution in [3.05, 3.63) is 12.7 Å². The van der Waals surface area contributed by atoms with Gasteiger partial charge in [0.15, 0.2) is 0 Å². The van der Waals surface area contributed by atoms with Crippen molar-refractivity contribution in [1.29, 1.82) is 0 Å². The van der Waals surface area contributed by atoms with Crippen molar-refractivity contribution < 1.29 is 28.2 Å². The van der Waals surface area contributed by atoms with Crippen LogP contribution in [0.2, 0.25) is 0 Å². The lowest BCUT2D eigenvalue weighted by Crippen LogP contribution is -2.80. The van der Waals surface area contributed by atoms with Crippen LogP contribution >= 0.6 is 0 Å². The average molecular weight is 623 g/mol. The molecule has 6 rings (SSSR count). The summed E-state index contributed by atoms with van der Waals surface area (Å²) in [5.41, 5.74) is 0. The second kappa shape index (κ2) is 13.1. The van der Waals surface area contributed by atoms with E-state index in [1.165, 1.54) is 6.08 Å². The van der Waals surface area contributed by atoms with Crippen molar-refractivity contribution in [2.45, 2.75) is 120 Å². The van der Waals surface area contributed by atoms with Gasteiger partial charge in [-0.2, -0.15) is 0 Å². The predicted octanol–water partition coefficient (Wildman–Crippen LogP) is 1.99. The molecule has 0 radical (unpaired) electrons. The highest BCUT2D eigenvalue weighted by atomic mass is 19.1. The highest BCUT2D eigenvalue weighted by Gasteiger charge is 2.58. The molecule has 1 saturated carbocycles. The molecule has 248 valence electrons. The number of carbonyl (C=O) groups is 2. The van der Waals surface area contributed by atoms with Gasteiger partial charge in [-0.25, -0.2) is 13.6 Å². The molecule has 0 aromatic carbocycles. The molecular weight excluding hydrogens is 570 g/mol. The molecule has 0 aromatic rings. The number of aliphatic hydroxyl groups is 1. The van der Waals surface area contributed by atoms with E-state index >= 15 is 8.78 Å². The Labute approximate surface area is 260 Å². The smallest absolute Gasteiger partial charge is 0.320 e. The van der Waals surface area contributed by atoms with Crippen LogP contribution in [0, 0.1) is 23.7 Å². The fourth-order valence-electron chi connectivity index (χ4n) is 9.44. The molecule has 4 N–H and O–H groups in total. The first-order valence-corrected chi connectivity index (χ1v) is 16.9. The van der Waals surface area contributed by atoms with Crippen molar-refractivity contribution in [2.24, 2.45) is 23.7 Å². The number of hydrogen-bond acceptors (Lipinski definition) is 7. The molecule has 3 amide bonds. The predicted molar refractivity (Wildman–Crippen MR) is 162 cm³/mol. The SMILES string of the molecule is C=CC(=O)N1CCN(C2NC(=O)N3C4NC(C(F)CC42)C2C(F)CCCC2OCCC(O)C2CCNC(C(C)C)C23)[C@@H](C)C1. The first-order valence-electron chi connectivity index (χ1n) is 16.9. The number of urea groups is 1. The number of ether oxygens (including phenoxy) is 1. The standard InChI is InChI=1S/C32H52F2N6O4/c1-5-25(42)38-12-13-39(18(4)16-38)30-20-15-22(34)28-26-21(33)7-6-8-24(26)44-14-10-23(41)19-9-11-35-27(17(2)3)29(19)40(31(20)36-28)32(43)37-30/h5,17-24,26-31,35-36,41H,1,6-16H2,2-4H3,(H,37,43)/t18-,19?,20?,21?,22?,23?,24?,26?,27?,28?,29?,30?,31?/m0/s1. The third-order valence-corrected chi connectivity index (χ3v) is 11.6. The molecule has 6 aliphatic rings. The minimum atomic E-state index is -1.32. The van der Waals surface area contributed by atoms with Gasteiger partial charge in [0.25, 0.3) is 0 Å². The molecule has 10 nitrogen and oxygen atoms in total. The summed E-state index contributed by atoms with van der Waals surface area (Å²) in [5.74, 6) is -1.15. The third kappa shape index (κ3) is 5.78. The maximum absolute atomic E-state index is 16.5. The topological polar surface area (TPSA) is 109 Å². The maximum Gasteiger partial charge on any atom is 0.320 e. The van der Waals surface area contributed by atoms with E-state index in [0.717, 1.165) is 6.54 Å². The summed E-state index contributed by atoms with van der Waals surface area (Å²) < 4.78 is 38.5. The molecule has 12 heteroatoms. The summed E-state index contributed by atoms with van der Waals surface area (Å²) in [4.78, 5) is 32.6. The molecule has 5 aliphatic heterocycles. The van der Waals surface area contributed by atoms with Gasteiger partial charge in [-0.15, -0.1) is 0 Å². The highest BCUT2D eigenvalue weighted by molar-refractivity contribution is 5.87. The summed E-state index contributed by atoms with van der Waals surface area (Å²) in [6.45, 7) is 12.4. The lowest BCUT2D eigenvalue weighted by atomic mass is 9.72. The minimum Gasteiger partial charge on any atom is -0.393 e. The zero-order chi connectivity index (χ0) is 31.3. The van der Waals surface area contributed by atoms with Gasteiger partial charge in [0.05, 0.1) is 30.6 Å². The maximum atomic E-state index is 16.5. The van der Waals surface area contributed by atoms with E-state index in [1.807, 2.05) is 11.8 Å². The van der Waals surface area contributed by atoms with Crippen molar-refractivity contribution >= 4 is 11.9 Å².